The zero-order valence-corrected chi connectivity index (χ0v) is 12.5. The number of aliphatic hydroxyl groups is 1. The van der Waals surface area contributed by atoms with Crippen LogP contribution in [0.4, 0.5) is 4.39 Å². The van der Waals surface area contributed by atoms with Crippen LogP contribution in [0.15, 0.2) is 36.4 Å². The summed E-state index contributed by atoms with van der Waals surface area (Å²) in [6.07, 6.45) is -0.699. The van der Waals surface area contributed by atoms with Gasteiger partial charge in [-0.3, -0.25) is 0 Å². The summed E-state index contributed by atoms with van der Waals surface area (Å²) in [6.45, 7) is 1.65. The first kappa shape index (κ1) is 15.6. The van der Waals surface area contributed by atoms with Gasteiger partial charge in [-0.05, 0) is 25.1 Å². The predicted octanol–water partition coefficient (Wildman–Crippen LogP) is 4.12. The first-order valence-electron chi connectivity index (χ1n) is 6.44. The fraction of sp³-hybridized carbons (Fsp3) is 0.250. The van der Waals surface area contributed by atoms with Gasteiger partial charge in [0.15, 0.2) is 0 Å². The van der Waals surface area contributed by atoms with Gasteiger partial charge in [-0.25, -0.2) is 4.39 Å². The van der Waals surface area contributed by atoms with Crippen molar-refractivity contribution in [2.75, 3.05) is 7.11 Å². The molecule has 2 aromatic rings. The molecule has 0 saturated heterocycles. The first-order chi connectivity index (χ1) is 10.0. The predicted molar refractivity (Wildman–Crippen MR) is 79.4 cm³/mol. The molecule has 5 heteroatoms. The molecule has 2 rings (SSSR count). The highest BCUT2D eigenvalue weighted by atomic mass is 35.5. The number of halogens is 2. The van der Waals surface area contributed by atoms with Crippen molar-refractivity contribution in [3.63, 3.8) is 0 Å². The van der Waals surface area contributed by atoms with E-state index in [1.54, 1.807) is 37.3 Å². The Labute approximate surface area is 127 Å². The lowest BCUT2D eigenvalue weighted by Crippen LogP contribution is -2.03. The van der Waals surface area contributed by atoms with Crippen molar-refractivity contribution >= 4 is 11.6 Å². The minimum atomic E-state index is -0.699. The average molecular weight is 311 g/mol. The van der Waals surface area contributed by atoms with Crippen molar-refractivity contribution < 1.29 is 19.0 Å². The van der Waals surface area contributed by atoms with Gasteiger partial charge in [0, 0.05) is 17.2 Å². The van der Waals surface area contributed by atoms with Crippen LogP contribution in [0.3, 0.4) is 0 Å². The molecule has 0 aromatic heterocycles. The molecule has 1 N–H and O–H groups in total. The number of benzene rings is 2. The van der Waals surface area contributed by atoms with Gasteiger partial charge in [-0.15, -0.1) is 0 Å². The SMILES string of the molecule is COc1ccc([C@@H](C)O)c(OCc2cccc(Cl)c2F)c1. The smallest absolute Gasteiger partial charge is 0.148 e. The lowest BCUT2D eigenvalue weighted by atomic mass is 10.1. The van der Waals surface area contributed by atoms with E-state index in [-0.39, 0.29) is 11.6 Å². The summed E-state index contributed by atoms with van der Waals surface area (Å²) in [5, 5.41) is 9.80. The van der Waals surface area contributed by atoms with Gasteiger partial charge in [0.1, 0.15) is 23.9 Å². The molecule has 0 radical (unpaired) electrons. The highest BCUT2D eigenvalue weighted by Crippen LogP contribution is 2.30. The lowest BCUT2D eigenvalue weighted by molar-refractivity contribution is 0.189. The van der Waals surface area contributed by atoms with Crippen molar-refractivity contribution in [1.29, 1.82) is 0 Å². The zero-order chi connectivity index (χ0) is 15.4. The summed E-state index contributed by atoms with van der Waals surface area (Å²) in [5.41, 5.74) is 0.958. The Morgan fingerprint density at radius 2 is 2.05 bits per heavy atom. The molecule has 21 heavy (non-hydrogen) atoms. The van der Waals surface area contributed by atoms with Crippen LogP contribution in [0.25, 0.3) is 0 Å². The minimum Gasteiger partial charge on any atom is -0.497 e. The van der Waals surface area contributed by atoms with Gasteiger partial charge in [-0.1, -0.05) is 23.7 Å². The molecule has 112 valence electrons. The summed E-state index contributed by atoms with van der Waals surface area (Å²) in [4.78, 5) is 0. The van der Waals surface area contributed by atoms with Gasteiger partial charge in [0.05, 0.1) is 18.2 Å². The van der Waals surface area contributed by atoms with Gasteiger partial charge >= 0.3 is 0 Å². The lowest BCUT2D eigenvalue weighted by Gasteiger charge is -2.15. The Bertz CT molecular complexity index is 629. The molecule has 0 bridgehead atoms. The third-order valence-electron chi connectivity index (χ3n) is 3.09. The number of ether oxygens (including phenoxy) is 2. The largest absolute Gasteiger partial charge is 0.497 e. The first-order valence-corrected chi connectivity index (χ1v) is 6.82. The van der Waals surface area contributed by atoms with E-state index in [0.717, 1.165) is 0 Å². The molecule has 0 unspecified atom stereocenters. The highest BCUT2D eigenvalue weighted by molar-refractivity contribution is 6.30. The zero-order valence-electron chi connectivity index (χ0n) is 11.8. The van der Waals surface area contributed by atoms with Gasteiger partial charge in [0.2, 0.25) is 0 Å². The van der Waals surface area contributed by atoms with Crippen LogP contribution in [-0.4, -0.2) is 12.2 Å². The number of rotatable bonds is 5. The molecular formula is C16H16ClFO3. The summed E-state index contributed by atoms with van der Waals surface area (Å²) >= 11 is 5.73. The molecule has 2 aromatic carbocycles. The average Bonchev–Trinajstić information content (AvgIpc) is 2.48. The van der Waals surface area contributed by atoms with Crippen LogP contribution in [0, 0.1) is 5.82 Å². The minimum absolute atomic E-state index is 0.0132. The molecule has 0 fully saturated rings. The summed E-state index contributed by atoms with van der Waals surface area (Å²) in [6, 6.07) is 9.84. The maximum Gasteiger partial charge on any atom is 0.148 e. The van der Waals surface area contributed by atoms with Crippen molar-refractivity contribution in [1.82, 2.24) is 0 Å². The molecule has 0 aliphatic carbocycles. The van der Waals surface area contributed by atoms with Gasteiger partial charge in [0.25, 0.3) is 0 Å². The number of methoxy groups -OCH3 is 1. The van der Waals surface area contributed by atoms with E-state index in [0.29, 0.717) is 22.6 Å². The molecule has 0 aliphatic heterocycles. The van der Waals surface area contributed by atoms with E-state index >= 15 is 0 Å². The Hall–Kier alpha value is -1.78. The Morgan fingerprint density at radius 3 is 2.71 bits per heavy atom. The topological polar surface area (TPSA) is 38.7 Å². The van der Waals surface area contributed by atoms with Crippen molar-refractivity contribution in [3.05, 3.63) is 58.4 Å². The fourth-order valence-corrected chi connectivity index (χ4v) is 2.12. The maximum absolute atomic E-state index is 13.8. The molecule has 1 atom stereocenters. The van der Waals surface area contributed by atoms with E-state index in [9.17, 15) is 9.50 Å². The number of aliphatic hydroxyl groups excluding tert-OH is 1. The van der Waals surface area contributed by atoms with Crippen molar-refractivity contribution in [2.24, 2.45) is 0 Å². The number of hydrogen-bond donors (Lipinski definition) is 1. The van der Waals surface area contributed by atoms with E-state index in [1.807, 2.05) is 0 Å². The summed E-state index contributed by atoms with van der Waals surface area (Å²) in [7, 11) is 1.54. The second-order valence-corrected chi connectivity index (χ2v) is 4.99. The molecule has 0 spiro atoms. The normalized spacial score (nSPS) is 12.0. The Kier molecular flexibility index (Phi) is 5.04. The third-order valence-corrected chi connectivity index (χ3v) is 3.38. The Balaban J connectivity index is 2.24. The van der Waals surface area contributed by atoms with Crippen LogP contribution < -0.4 is 9.47 Å². The van der Waals surface area contributed by atoms with Crippen LogP contribution in [-0.2, 0) is 6.61 Å². The van der Waals surface area contributed by atoms with E-state index in [1.165, 1.54) is 13.2 Å². The van der Waals surface area contributed by atoms with E-state index < -0.39 is 11.9 Å². The third kappa shape index (κ3) is 3.65. The van der Waals surface area contributed by atoms with Crippen LogP contribution >= 0.6 is 11.6 Å². The van der Waals surface area contributed by atoms with Crippen molar-refractivity contribution in [2.45, 2.75) is 19.6 Å². The Morgan fingerprint density at radius 1 is 1.29 bits per heavy atom. The highest BCUT2D eigenvalue weighted by Gasteiger charge is 2.12. The van der Waals surface area contributed by atoms with E-state index in [4.69, 9.17) is 21.1 Å². The summed E-state index contributed by atoms with van der Waals surface area (Å²) in [5.74, 6) is 0.547. The molecular weight excluding hydrogens is 295 g/mol. The second kappa shape index (κ2) is 6.78. The molecule has 0 aliphatic rings. The van der Waals surface area contributed by atoms with Gasteiger partial charge in [-0.2, -0.15) is 0 Å². The van der Waals surface area contributed by atoms with Crippen LogP contribution in [0.5, 0.6) is 11.5 Å². The van der Waals surface area contributed by atoms with E-state index in [2.05, 4.69) is 0 Å². The second-order valence-electron chi connectivity index (χ2n) is 4.58. The molecule has 0 amide bonds. The van der Waals surface area contributed by atoms with Crippen LogP contribution in [0.2, 0.25) is 5.02 Å². The quantitative estimate of drug-likeness (QED) is 0.903. The van der Waals surface area contributed by atoms with Crippen LogP contribution in [0.1, 0.15) is 24.2 Å². The van der Waals surface area contributed by atoms with Crippen molar-refractivity contribution in [3.8, 4) is 11.5 Å². The monoisotopic (exact) mass is 310 g/mol. The maximum atomic E-state index is 13.8. The standard InChI is InChI=1S/C16H16ClFO3/c1-10(19)13-7-6-12(20-2)8-15(13)21-9-11-4-3-5-14(17)16(11)18/h3-8,10,19H,9H2,1-2H3/t10-/m1/s1. The molecule has 0 heterocycles. The summed E-state index contributed by atoms with van der Waals surface area (Å²) < 4.78 is 24.6. The molecule has 3 nitrogen and oxygen atoms in total. The number of hydrogen-bond acceptors (Lipinski definition) is 3. The van der Waals surface area contributed by atoms with Gasteiger partial charge < -0.3 is 14.6 Å². The molecule has 0 saturated carbocycles. The fourth-order valence-electron chi connectivity index (χ4n) is 1.93.